The third-order valence-electron chi connectivity index (χ3n) is 3.40. The van der Waals surface area contributed by atoms with E-state index in [2.05, 4.69) is 6.07 Å². The Hall–Kier alpha value is -2.84. The van der Waals surface area contributed by atoms with Gasteiger partial charge in [0.15, 0.2) is 0 Å². The molecule has 0 unspecified atom stereocenters. The second-order valence-electron chi connectivity index (χ2n) is 4.81. The summed E-state index contributed by atoms with van der Waals surface area (Å²) in [7, 11) is 0. The molecule has 23 heavy (non-hydrogen) atoms. The van der Waals surface area contributed by atoms with Gasteiger partial charge in [-0.15, -0.1) is 0 Å². The molecular weight excluding hydrogens is 319 g/mol. The first-order valence-electron chi connectivity index (χ1n) is 6.71. The van der Waals surface area contributed by atoms with Crippen LogP contribution in [0.5, 0.6) is 0 Å². The van der Waals surface area contributed by atoms with Crippen LogP contribution in [0.25, 0.3) is 5.52 Å². The van der Waals surface area contributed by atoms with Crippen molar-refractivity contribution in [2.24, 2.45) is 0 Å². The Morgan fingerprint density at radius 3 is 2.87 bits per heavy atom. The van der Waals surface area contributed by atoms with Crippen LogP contribution in [0.2, 0.25) is 5.02 Å². The van der Waals surface area contributed by atoms with Gasteiger partial charge in [0, 0.05) is 18.0 Å². The molecule has 0 aliphatic carbocycles. The quantitative estimate of drug-likeness (QED) is 0.684. The molecule has 0 saturated heterocycles. The van der Waals surface area contributed by atoms with E-state index in [1.54, 1.807) is 22.9 Å². The van der Waals surface area contributed by atoms with Crippen LogP contribution in [0.4, 0.5) is 4.39 Å². The van der Waals surface area contributed by atoms with Crippen LogP contribution in [-0.2, 0) is 11.3 Å². The monoisotopic (exact) mass is 328 g/mol. The molecule has 4 nitrogen and oxygen atoms in total. The summed E-state index contributed by atoms with van der Waals surface area (Å²) in [5, 5.41) is 9.27. The maximum Gasteiger partial charge on any atom is 0.342 e. The Morgan fingerprint density at radius 1 is 1.30 bits per heavy atom. The van der Waals surface area contributed by atoms with Gasteiger partial charge < -0.3 is 9.14 Å². The first-order chi connectivity index (χ1) is 11.1. The molecule has 114 valence electrons. The average Bonchev–Trinajstić information content (AvgIpc) is 2.90. The molecule has 6 heteroatoms. The Labute approximate surface area is 136 Å². The fourth-order valence-electron chi connectivity index (χ4n) is 2.32. The number of carbonyl (C=O) groups excluding carboxylic acids is 1. The minimum atomic E-state index is -0.868. The van der Waals surface area contributed by atoms with Crippen LogP contribution < -0.4 is 0 Å². The zero-order valence-corrected chi connectivity index (χ0v) is 12.5. The van der Waals surface area contributed by atoms with E-state index in [0.29, 0.717) is 16.6 Å². The van der Waals surface area contributed by atoms with E-state index in [1.165, 1.54) is 12.1 Å². The minimum absolute atomic E-state index is 0.0162. The summed E-state index contributed by atoms with van der Waals surface area (Å²) in [5.74, 6) is -1.61. The summed E-state index contributed by atoms with van der Waals surface area (Å²) >= 11 is 5.83. The van der Waals surface area contributed by atoms with Crippen LogP contribution >= 0.6 is 11.6 Å². The van der Waals surface area contributed by atoms with Crippen LogP contribution in [0.15, 0.2) is 48.8 Å². The van der Waals surface area contributed by atoms with Crippen molar-refractivity contribution in [3.05, 3.63) is 76.3 Å². The molecular formula is C17H10ClFN2O2. The molecule has 0 N–H and O–H groups in total. The van der Waals surface area contributed by atoms with Crippen LogP contribution in [0.1, 0.15) is 21.5 Å². The highest BCUT2D eigenvalue weighted by Gasteiger charge is 2.18. The number of benzene rings is 1. The Bertz CT molecular complexity index is 923. The first-order valence-corrected chi connectivity index (χ1v) is 7.09. The topological polar surface area (TPSA) is 54.5 Å². The van der Waals surface area contributed by atoms with Gasteiger partial charge in [0.05, 0.1) is 16.1 Å². The van der Waals surface area contributed by atoms with Gasteiger partial charge in [-0.2, -0.15) is 5.26 Å². The van der Waals surface area contributed by atoms with E-state index in [4.69, 9.17) is 16.3 Å². The zero-order valence-electron chi connectivity index (χ0n) is 11.8. The lowest BCUT2D eigenvalue weighted by Crippen LogP contribution is -2.08. The number of halogens is 2. The van der Waals surface area contributed by atoms with E-state index in [1.807, 2.05) is 12.1 Å². The first kappa shape index (κ1) is 15.1. The molecule has 0 atom stereocenters. The van der Waals surface area contributed by atoms with Crippen LogP contribution in [0.3, 0.4) is 0 Å². The van der Waals surface area contributed by atoms with Gasteiger partial charge in [-0.3, -0.25) is 0 Å². The molecule has 0 aliphatic heterocycles. The lowest BCUT2D eigenvalue weighted by atomic mass is 10.2. The van der Waals surface area contributed by atoms with Crippen molar-refractivity contribution in [2.45, 2.75) is 6.61 Å². The zero-order chi connectivity index (χ0) is 16.4. The fourth-order valence-corrected chi connectivity index (χ4v) is 2.56. The molecule has 0 aliphatic rings. The predicted octanol–water partition coefficient (Wildman–Crippen LogP) is 3.96. The third-order valence-corrected chi connectivity index (χ3v) is 3.71. The summed E-state index contributed by atoms with van der Waals surface area (Å²) in [6.07, 6.45) is 3.49. The van der Waals surface area contributed by atoms with Crippen molar-refractivity contribution in [3.63, 3.8) is 0 Å². The molecule has 0 saturated carbocycles. The van der Waals surface area contributed by atoms with Crippen molar-refractivity contribution >= 4 is 23.1 Å². The molecule has 3 rings (SSSR count). The largest absolute Gasteiger partial charge is 0.457 e. The summed E-state index contributed by atoms with van der Waals surface area (Å²) in [6.45, 7) is -0.145. The number of rotatable bonds is 3. The van der Waals surface area contributed by atoms with Gasteiger partial charge in [0.2, 0.25) is 0 Å². The molecule has 0 bridgehead atoms. The smallest absolute Gasteiger partial charge is 0.342 e. The summed E-state index contributed by atoms with van der Waals surface area (Å²) in [5.41, 5.74) is 1.36. The predicted molar refractivity (Wildman–Crippen MR) is 82.6 cm³/mol. The highest BCUT2D eigenvalue weighted by Crippen LogP contribution is 2.22. The number of fused-ring (bicyclic) bond motifs is 1. The molecule has 2 heterocycles. The molecule has 0 amide bonds. The van der Waals surface area contributed by atoms with Gasteiger partial charge in [0.25, 0.3) is 0 Å². The number of hydrogen-bond acceptors (Lipinski definition) is 3. The van der Waals surface area contributed by atoms with E-state index >= 15 is 0 Å². The number of hydrogen-bond donors (Lipinski definition) is 0. The van der Waals surface area contributed by atoms with Crippen molar-refractivity contribution in [1.29, 1.82) is 5.26 Å². The van der Waals surface area contributed by atoms with Gasteiger partial charge in [-0.05, 0) is 24.3 Å². The molecule has 0 fully saturated rings. The number of carbonyl (C=O) groups is 1. The number of pyridine rings is 1. The molecule has 3 aromatic rings. The standard InChI is InChI=1S/C17H10ClFN2O2/c18-13-4-3-5-14(19)16(13)17(22)23-10-11-9-21-7-2-1-6-15(21)12(11)8-20/h1-7,9H,10H2. The van der Waals surface area contributed by atoms with Crippen molar-refractivity contribution in [3.8, 4) is 6.07 Å². The second kappa shape index (κ2) is 6.11. The Kier molecular flexibility index (Phi) is 4.00. The third kappa shape index (κ3) is 2.77. The van der Waals surface area contributed by atoms with Gasteiger partial charge in [0.1, 0.15) is 24.1 Å². The number of nitriles is 1. The molecule has 2 aromatic heterocycles. The van der Waals surface area contributed by atoms with Crippen molar-refractivity contribution < 1.29 is 13.9 Å². The summed E-state index contributed by atoms with van der Waals surface area (Å²) < 4.78 is 20.6. The van der Waals surface area contributed by atoms with E-state index in [0.717, 1.165) is 6.07 Å². The van der Waals surface area contributed by atoms with E-state index in [9.17, 15) is 14.4 Å². The maximum atomic E-state index is 13.7. The van der Waals surface area contributed by atoms with Crippen molar-refractivity contribution in [1.82, 2.24) is 4.40 Å². The average molecular weight is 329 g/mol. The lowest BCUT2D eigenvalue weighted by molar-refractivity contribution is 0.0467. The highest BCUT2D eigenvalue weighted by atomic mass is 35.5. The van der Waals surface area contributed by atoms with Crippen LogP contribution in [0, 0.1) is 17.1 Å². The minimum Gasteiger partial charge on any atom is -0.457 e. The SMILES string of the molecule is N#Cc1c(COC(=O)c2c(F)cccc2Cl)cn2ccccc12. The van der Waals surface area contributed by atoms with Gasteiger partial charge in [-0.1, -0.05) is 23.7 Å². The Balaban J connectivity index is 1.87. The number of nitrogens with zero attached hydrogens (tertiary/aromatic N) is 2. The molecule has 0 spiro atoms. The van der Waals surface area contributed by atoms with Crippen LogP contribution in [-0.4, -0.2) is 10.4 Å². The fraction of sp³-hybridized carbons (Fsp3) is 0.0588. The maximum absolute atomic E-state index is 13.7. The normalized spacial score (nSPS) is 10.5. The van der Waals surface area contributed by atoms with E-state index < -0.39 is 11.8 Å². The number of esters is 1. The lowest BCUT2D eigenvalue weighted by Gasteiger charge is -2.06. The summed E-state index contributed by atoms with van der Waals surface area (Å²) in [4.78, 5) is 12.0. The molecule has 0 radical (unpaired) electrons. The number of aromatic nitrogens is 1. The second-order valence-corrected chi connectivity index (χ2v) is 5.21. The van der Waals surface area contributed by atoms with E-state index in [-0.39, 0.29) is 17.2 Å². The number of ether oxygens (including phenoxy) is 1. The molecule has 1 aromatic carbocycles. The van der Waals surface area contributed by atoms with Crippen molar-refractivity contribution in [2.75, 3.05) is 0 Å². The van der Waals surface area contributed by atoms with Gasteiger partial charge >= 0.3 is 5.97 Å². The summed E-state index contributed by atoms with van der Waals surface area (Å²) in [6, 6.07) is 11.5. The van der Waals surface area contributed by atoms with Gasteiger partial charge in [-0.25, -0.2) is 9.18 Å². The Morgan fingerprint density at radius 2 is 2.13 bits per heavy atom. The highest BCUT2D eigenvalue weighted by molar-refractivity contribution is 6.33.